The molecular weight excluding hydrogens is 323 g/mol. The average molecular weight is 338 g/mol. The normalized spacial score (nSPS) is 11.7. The maximum Gasteiger partial charge on any atom is 0.405 e. The molecule has 0 fully saturated rings. The number of halogens is 1. The number of amides is 1. The van der Waals surface area contributed by atoms with Crippen LogP contribution in [0.1, 0.15) is 29.3 Å². The zero-order chi connectivity index (χ0) is 17.9. The van der Waals surface area contributed by atoms with Crippen LogP contribution in [-0.2, 0) is 4.74 Å². The highest BCUT2D eigenvalue weighted by Crippen LogP contribution is 2.34. The third-order valence-electron chi connectivity index (χ3n) is 3.13. The number of carbonyl (C=O) groups is 2. The predicted octanol–water partition coefficient (Wildman–Crippen LogP) is 2.62. The van der Waals surface area contributed by atoms with Gasteiger partial charge in [0.15, 0.2) is 29.1 Å². The van der Waals surface area contributed by atoms with Crippen molar-refractivity contribution in [3.63, 3.8) is 0 Å². The number of hydrogen-bond donors (Lipinski definition) is 1. The van der Waals surface area contributed by atoms with Crippen molar-refractivity contribution < 1.29 is 32.6 Å². The molecule has 24 heavy (non-hydrogen) atoms. The Hall–Kier alpha value is -3.10. The lowest BCUT2D eigenvalue weighted by Gasteiger charge is -2.09. The highest BCUT2D eigenvalue weighted by Gasteiger charge is 2.27. The van der Waals surface area contributed by atoms with Crippen molar-refractivity contribution in [1.82, 2.24) is 4.98 Å². The quantitative estimate of drug-likeness (QED) is 0.805. The monoisotopic (exact) mass is 338 g/mol. The van der Waals surface area contributed by atoms with Crippen molar-refractivity contribution in [3.8, 4) is 23.0 Å². The van der Waals surface area contributed by atoms with Crippen molar-refractivity contribution >= 4 is 12.1 Å². The van der Waals surface area contributed by atoms with Gasteiger partial charge >= 0.3 is 12.1 Å². The molecule has 128 valence electrons. The molecule has 0 spiro atoms. The molecular formula is C15H15FN2O6. The molecule has 1 aromatic heterocycles. The van der Waals surface area contributed by atoms with E-state index in [1.807, 2.05) is 0 Å². The number of carbonyl (C=O) groups excluding carboxylic acids is 2. The summed E-state index contributed by atoms with van der Waals surface area (Å²) in [4.78, 5) is 25.8. The molecule has 0 aliphatic carbocycles. The lowest BCUT2D eigenvalue weighted by Crippen LogP contribution is -2.16. The van der Waals surface area contributed by atoms with Crippen molar-refractivity contribution in [2.75, 3.05) is 14.2 Å². The summed E-state index contributed by atoms with van der Waals surface area (Å²) in [5.41, 5.74) is 4.73. The van der Waals surface area contributed by atoms with Gasteiger partial charge in [-0.1, -0.05) is 0 Å². The van der Waals surface area contributed by atoms with E-state index in [-0.39, 0.29) is 11.7 Å². The topological polar surface area (TPSA) is 114 Å². The molecule has 1 heterocycles. The third kappa shape index (κ3) is 3.45. The van der Waals surface area contributed by atoms with Crippen LogP contribution in [0, 0.1) is 0 Å². The number of methoxy groups -OCH3 is 2. The van der Waals surface area contributed by atoms with Crippen molar-refractivity contribution in [3.05, 3.63) is 29.7 Å². The van der Waals surface area contributed by atoms with E-state index in [4.69, 9.17) is 24.4 Å². The molecule has 1 unspecified atom stereocenters. The summed E-state index contributed by atoms with van der Waals surface area (Å²) >= 11 is 0. The molecule has 1 atom stereocenters. The molecule has 9 heteroatoms. The number of ether oxygens (including phenoxy) is 3. The van der Waals surface area contributed by atoms with E-state index >= 15 is 0 Å². The van der Waals surface area contributed by atoms with E-state index in [0.717, 1.165) is 0 Å². The van der Waals surface area contributed by atoms with Crippen LogP contribution in [0.5, 0.6) is 11.5 Å². The predicted molar refractivity (Wildman–Crippen MR) is 79.6 cm³/mol. The number of nitrogens with two attached hydrogens (primary N) is 1. The van der Waals surface area contributed by atoms with E-state index < -0.39 is 23.9 Å². The van der Waals surface area contributed by atoms with E-state index in [1.165, 1.54) is 21.1 Å². The number of aromatic nitrogens is 1. The molecule has 2 N–H and O–H groups in total. The Morgan fingerprint density at radius 3 is 2.46 bits per heavy atom. The van der Waals surface area contributed by atoms with Gasteiger partial charge in [0.25, 0.3) is 0 Å². The van der Waals surface area contributed by atoms with Crippen LogP contribution in [0.3, 0.4) is 0 Å². The molecule has 8 nitrogen and oxygen atoms in total. The number of rotatable bonds is 6. The van der Waals surface area contributed by atoms with Gasteiger partial charge < -0.3 is 24.4 Å². The summed E-state index contributed by atoms with van der Waals surface area (Å²) in [6, 6.07) is 2.91. The molecule has 0 radical (unpaired) electrons. The van der Waals surface area contributed by atoms with Crippen LogP contribution in [0.25, 0.3) is 11.5 Å². The molecule has 0 bridgehead atoms. The molecule has 2 rings (SSSR count). The largest absolute Gasteiger partial charge is 0.493 e. The summed E-state index contributed by atoms with van der Waals surface area (Å²) in [5.74, 6) is 0.572. The standard InChI is InChI=1S/C15H15FN2O6/c1-7(23-15(17)20)12-11(13(16)19)18-14(24-12)8-4-5-9(21-2)10(6-8)22-3/h4-7H,1-3H3,(H2,17,20). The van der Waals surface area contributed by atoms with E-state index in [1.54, 1.807) is 18.2 Å². The Morgan fingerprint density at radius 2 is 1.92 bits per heavy atom. The zero-order valence-electron chi connectivity index (χ0n) is 13.2. The van der Waals surface area contributed by atoms with Gasteiger partial charge in [0.2, 0.25) is 5.89 Å². The molecule has 0 aliphatic rings. The minimum atomic E-state index is -1.82. The molecule has 1 amide bonds. The second-order valence-electron chi connectivity index (χ2n) is 4.65. The number of benzene rings is 1. The summed E-state index contributed by atoms with van der Waals surface area (Å²) in [5, 5.41) is 0. The Balaban J connectivity index is 2.48. The fraction of sp³-hybridized carbons (Fsp3) is 0.267. The van der Waals surface area contributed by atoms with Gasteiger partial charge in [-0.05, 0) is 25.1 Å². The Kier molecular flexibility index (Phi) is 5.02. The van der Waals surface area contributed by atoms with Crippen LogP contribution < -0.4 is 15.2 Å². The molecule has 0 saturated heterocycles. The molecule has 0 saturated carbocycles. The highest BCUT2D eigenvalue weighted by molar-refractivity contribution is 5.88. The van der Waals surface area contributed by atoms with Gasteiger partial charge in [-0.25, -0.2) is 9.78 Å². The minimum absolute atomic E-state index is 0.0492. The van der Waals surface area contributed by atoms with Crippen LogP contribution in [0.4, 0.5) is 9.18 Å². The molecule has 2 aromatic rings. The first kappa shape index (κ1) is 17.3. The second-order valence-corrected chi connectivity index (χ2v) is 4.65. The minimum Gasteiger partial charge on any atom is -0.493 e. The summed E-state index contributed by atoms with van der Waals surface area (Å²) in [7, 11) is 2.92. The summed E-state index contributed by atoms with van der Waals surface area (Å²) < 4.78 is 33.6. The van der Waals surface area contributed by atoms with Crippen molar-refractivity contribution in [2.24, 2.45) is 5.73 Å². The van der Waals surface area contributed by atoms with Gasteiger partial charge in [-0.2, -0.15) is 4.39 Å². The van der Waals surface area contributed by atoms with Gasteiger partial charge in [0, 0.05) is 5.56 Å². The first-order chi connectivity index (χ1) is 11.4. The first-order valence-electron chi connectivity index (χ1n) is 6.76. The number of nitrogens with zero attached hydrogens (tertiary/aromatic N) is 1. The van der Waals surface area contributed by atoms with Crippen LogP contribution in [0.15, 0.2) is 22.6 Å². The zero-order valence-corrected chi connectivity index (χ0v) is 13.2. The summed E-state index contributed by atoms with van der Waals surface area (Å²) in [6.45, 7) is 1.37. The van der Waals surface area contributed by atoms with Crippen LogP contribution in [0.2, 0.25) is 0 Å². The van der Waals surface area contributed by atoms with Gasteiger partial charge in [0.1, 0.15) is 0 Å². The fourth-order valence-electron chi connectivity index (χ4n) is 2.07. The highest BCUT2D eigenvalue weighted by atomic mass is 19.1. The smallest absolute Gasteiger partial charge is 0.405 e. The Bertz CT molecular complexity index is 773. The average Bonchev–Trinajstić information content (AvgIpc) is 2.99. The number of primary amides is 1. The van der Waals surface area contributed by atoms with Gasteiger partial charge in [-0.3, -0.25) is 4.79 Å². The van der Waals surface area contributed by atoms with Crippen molar-refractivity contribution in [2.45, 2.75) is 13.0 Å². The molecule has 1 aromatic carbocycles. The maximum absolute atomic E-state index is 13.2. The summed E-state index contributed by atoms with van der Waals surface area (Å²) in [6.07, 6.45) is -2.18. The van der Waals surface area contributed by atoms with E-state index in [2.05, 4.69) is 4.98 Å². The number of oxazole rings is 1. The Labute approximate surface area is 136 Å². The molecule has 0 aliphatic heterocycles. The van der Waals surface area contributed by atoms with Gasteiger partial charge in [-0.15, -0.1) is 0 Å². The lowest BCUT2D eigenvalue weighted by molar-refractivity contribution is 0.0802. The maximum atomic E-state index is 13.2. The van der Waals surface area contributed by atoms with E-state index in [9.17, 15) is 14.0 Å². The lowest BCUT2D eigenvalue weighted by atomic mass is 10.2. The van der Waals surface area contributed by atoms with Crippen LogP contribution in [-0.4, -0.2) is 31.3 Å². The van der Waals surface area contributed by atoms with Crippen LogP contribution >= 0.6 is 0 Å². The Morgan fingerprint density at radius 1 is 1.25 bits per heavy atom. The van der Waals surface area contributed by atoms with Crippen molar-refractivity contribution in [1.29, 1.82) is 0 Å². The SMILES string of the molecule is COc1ccc(-c2nc(C(=O)F)c(C(C)OC(N)=O)o2)cc1OC. The number of hydrogen-bond acceptors (Lipinski definition) is 7. The second kappa shape index (κ2) is 6.99. The first-order valence-corrected chi connectivity index (χ1v) is 6.76. The van der Waals surface area contributed by atoms with E-state index in [0.29, 0.717) is 17.1 Å². The van der Waals surface area contributed by atoms with Gasteiger partial charge in [0.05, 0.1) is 14.2 Å². The fourth-order valence-corrected chi connectivity index (χ4v) is 2.07. The third-order valence-corrected chi connectivity index (χ3v) is 3.13.